The van der Waals surface area contributed by atoms with Gasteiger partial charge < -0.3 is 14.5 Å². The normalized spacial score (nSPS) is 17.8. The summed E-state index contributed by atoms with van der Waals surface area (Å²) in [6, 6.07) is 12.7. The van der Waals surface area contributed by atoms with Gasteiger partial charge in [0.1, 0.15) is 12.4 Å². The van der Waals surface area contributed by atoms with Gasteiger partial charge in [-0.15, -0.1) is 0 Å². The number of rotatable bonds is 2. The Morgan fingerprint density at radius 2 is 2.03 bits per heavy atom. The number of aromatic amines is 1. The van der Waals surface area contributed by atoms with Crippen LogP contribution in [0.4, 0.5) is 11.4 Å². The molecule has 0 saturated carbocycles. The van der Waals surface area contributed by atoms with E-state index in [0.29, 0.717) is 18.3 Å². The molecule has 0 radical (unpaired) electrons. The van der Waals surface area contributed by atoms with E-state index in [0.717, 1.165) is 69.9 Å². The topological polar surface area (TPSA) is 61.6 Å². The molecule has 7 nitrogen and oxygen atoms in total. The summed E-state index contributed by atoms with van der Waals surface area (Å²) < 4.78 is 6.18. The Kier molecular flexibility index (Phi) is 4.56. The summed E-state index contributed by atoms with van der Waals surface area (Å²) >= 11 is 0. The Hall–Kier alpha value is -3.89. The molecule has 1 atom stereocenters. The van der Waals surface area contributed by atoms with Gasteiger partial charge in [0.15, 0.2) is 5.69 Å². The molecule has 164 valence electrons. The van der Waals surface area contributed by atoms with E-state index in [1.807, 2.05) is 25.4 Å². The van der Waals surface area contributed by atoms with Crippen molar-refractivity contribution in [1.29, 1.82) is 0 Å². The molecule has 1 saturated heterocycles. The zero-order valence-corrected chi connectivity index (χ0v) is 18.7. The molecule has 2 aromatic heterocycles. The number of aromatic nitrogens is 3. The molecule has 2 aliphatic heterocycles. The molecule has 1 fully saturated rings. The minimum atomic E-state index is 0.394. The predicted molar refractivity (Wildman–Crippen MR) is 130 cm³/mol. The van der Waals surface area contributed by atoms with Crippen LogP contribution in [0.3, 0.4) is 0 Å². The van der Waals surface area contributed by atoms with Crippen LogP contribution in [0.1, 0.15) is 5.56 Å². The highest BCUT2D eigenvalue weighted by atomic mass is 16.5. The quantitative estimate of drug-likeness (QED) is 0.463. The van der Waals surface area contributed by atoms with Crippen LogP contribution >= 0.6 is 0 Å². The molecule has 6 rings (SSSR count). The highest BCUT2D eigenvalue weighted by Crippen LogP contribution is 2.41. The zero-order valence-electron chi connectivity index (χ0n) is 18.7. The number of likely N-dealkylation sites (N-methyl/N-ethyl adjacent to an activating group) is 1. The fourth-order valence-corrected chi connectivity index (χ4v) is 4.97. The van der Waals surface area contributed by atoms with Crippen LogP contribution in [0.5, 0.6) is 5.75 Å². The van der Waals surface area contributed by atoms with E-state index in [2.05, 4.69) is 67.2 Å². The van der Waals surface area contributed by atoms with Gasteiger partial charge in [-0.05, 0) is 54.9 Å². The number of nitrogens with one attached hydrogen (secondary N) is 1. The maximum absolute atomic E-state index is 7.67. The highest BCUT2D eigenvalue weighted by molar-refractivity contribution is 6.00. The number of ether oxygens (including phenoxy) is 1. The van der Waals surface area contributed by atoms with Crippen molar-refractivity contribution in [1.82, 2.24) is 20.1 Å². The summed E-state index contributed by atoms with van der Waals surface area (Å²) in [6.07, 6.45) is 3.63. The maximum Gasteiger partial charge on any atom is 0.197 e. The Balaban J connectivity index is 1.44. The molecule has 4 aromatic rings. The number of fused-ring (bicyclic) bond motifs is 4. The van der Waals surface area contributed by atoms with E-state index in [1.54, 1.807) is 0 Å². The first-order valence-electron chi connectivity index (χ1n) is 11.1. The summed E-state index contributed by atoms with van der Waals surface area (Å²) in [4.78, 5) is 12.9. The van der Waals surface area contributed by atoms with E-state index >= 15 is 0 Å². The van der Waals surface area contributed by atoms with E-state index < -0.39 is 0 Å². The smallest absolute Gasteiger partial charge is 0.197 e. The van der Waals surface area contributed by atoms with E-state index in [9.17, 15) is 0 Å². The number of pyridine rings is 1. The van der Waals surface area contributed by atoms with E-state index in [1.165, 1.54) is 0 Å². The molecule has 0 aliphatic carbocycles. The van der Waals surface area contributed by atoms with Gasteiger partial charge in [-0.1, -0.05) is 12.1 Å². The molecular formula is C26H24N6O. The summed E-state index contributed by atoms with van der Waals surface area (Å²) in [5.41, 5.74) is 7.30. The number of benzene rings is 2. The molecule has 0 amide bonds. The lowest BCUT2D eigenvalue weighted by atomic mass is 9.99. The van der Waals surface area contributed by atoms with E-state index in [4.69, 9.17) is 11.3 Å². The SMILES string of the molecule is [C-]#[N+]c1cc2[nH]nc(-c3ccc4c(c3)OCC3CN(C)CCN43)c2cc1-c1cncc(C)c1. The van der Waals surface area contributed by atoms with Crippen LogP contribution in [0.2, 0.25) is 0 Å². The molecule has 4 heterocycles. The van der Waals surface area contributed by atoms with Crippen molar-refractivity contribution >= 4 is 22.3 Å². The third kappa shape index (κ3) is 3.31. The Morgan fingerprint density at radius 3 is 2.88 bits per heavy atom. The second-order valence-electron chi connectivity index (χ2n) is 8.95. The van der Waals surface area contributed by atoms with Crippen LogP contribution in [-0.4, -0.2) is 59.4 Å². The molecule has 0 spiro atoms. The number of H-pyrrole nitrogens is 1. The summed E-state index contributed by atoms with van der Waals surface area (Å²) in [5.74, 6) is 0.908. The highest BCUT2D eigenvalue weighted by Gasteiger charge is 2.32. The number of nitrogens with zero attached hydrogens (tertiary/aromatic N) is 5. The molecule has 1 N–H and O–H groups in total. The number of aryl methyl sites for hydroxylation is 1. The number of piperazine rings is 1. The van der Waals surface area contributed by atoms with Gasteiger partial charge >= 0.3 is 0 Å². The van der Waals surface area contributed by atoms with Crippen LogP contribution in [0.15, 0.2) is 48.8 Å². The first-order chi connectivity index (χ1) is 16.1. The van der Waals surface area contributed by atoms with Crippen molar-refractivity contribution in [2.24, 2.45) is 0 Å². The van der Waals surface area contributed by atoms with Gasteiger partial charge in [0.2, 0.25) is 0 Å². The first kappa shape index (κ1) is 19.8. The molecule has 33 heavy (non-hydrogen) atoms. The van der Waals surface area contributed by atoms with E-state index in [-0.39, 0.29) is 0 Å². The largest absolute Gasteiger partial charge is 0.489 e. The number of hydrogen-bond donors (Lipinski definition) is 1. The third-order valence-corrected chi connectivity index (χ3v) is 6.65. The molecule has 2 aromatic carbocycles. The minimum absolute atomic E-state index is 0.394. The lowest BCUT2D eigenvalue weighted by Crippen LogP contribution is -2.56. The summed E-state index contributed by atoms with van der Waals surface area (Å²) in [5, 5.41) is 8.71. The van der Waals surface area contributed by atoms with Gasteiger partial charge in [0, 0.05) is 43.0 Å². The second kappa shape index (κ2) is 7.61. The van der Waals surface area contributed by atoms with Crippen molar-refractivity contribution in [3.8, 4) is 28.1 Å². The second-order valence-corrected chi connectivity index (χ2v) is 8.95. The number of hydrogen-bond acceptors (Lipinski definition) is 5. The van der Waals surface area contributed by atoms with Crippen molar-refractivity contribution in [2.45, 2.75) is 13.0 Å². The van der Waals surface area contributed by atoms with Gasteiger partial charge in [0.25, 0.3) is 0 Å². The average molecular weight is 437 g/mol. The van der Waals surface area contributed by atoms with Crippen molar-refractivity contribution < 1.29 is 4.74 Å². The fourth-order valence-electron chi connectivity index (χ4n) is 4.97. The van der Waals surface area contributed by atoms with Gasteiger partial charge in [0.05, 0.1) is 29.5 Å². The maximum atomic E-state index is 7.67. The lowest BCUT2D eigenvalue weighted by Gasteiger charge is -2.44. The summed E-state index contributed by atoms with van der Waals surface area (Å²) in [6.45, 7) is 13.5. The van der Waals surface area contributed by atoms with Crippen molar-refractivity contribution in [3.63, 3.8) is 0 Å². The number of anilines is 1. The molecular weight excluding hydrogens is 412 g/mol. The molecule has 7 heteroatoms. The summed E-state index contributed by atoms with van der Waals surface area (Å²) in [7, 11) is 2.17. The van der Waals surface area contributed by atoms with Crippen molar-refractivity contribution in [3.05, 3.63) is 65.8 Å². The molecule has 0 bridgehead atoms. The standard InChI is InChI=1S/C26H24N6O/c1-16-8-18(13-28-12-16)20-10-21-23(11-22(20)27-2)29-30-26(21)17-4-5-24-25(9-17)33-15-19-14-31(3)6-7-32(19)24/h4-5,8-13,19H,6-7,14-15H2,1,3H3,(H,29,30). The predicted octanol–water partition coefficient (Wildman–Crippen LogP) is 4.66. The van der Waals surface area contributed by atoms with Crippen molar-refractivity contribution in [2.75, 3.05) is 38.2 Å². The Bertz CT molecular complexity index is 1420. The minimum Gasteiger partial charge on any atom is -0.489 e. The molecule has 2 aliphatic rings. The monoisotopic (exact) mass is 436 g/mol. The molecule has 1 unspecified atom stereocenters. The van der Waals surface area contributed by atoms with Gasteiger partial charge in [-0.3, -0.25) is 10.1 Å². The van der Waals surface area contributed by atoms with Crippen LogP contribution in [-0.2, 0) is 0 Å². The Morgan fingerprint density at radius 1 is 1.12 bits per heavy atom. The van der Waals surface area contributed by atoms with Crippen LogP contribution in [0, 0.1) is 13.5 Å². The Labute approximate surface area is 192 Å². The van der Waals surface area contributed by atoms with Crippen LogP contribution < -0.4 is 9.64 Å². The first-order valence-corrected chi connectivity index (χ1v) is 11.1. The van der Waals surface area contributed by atoms with Gasteiger partial charge in [-0.2, -0.15) is 5.10 Å². The van der Waals surface area contributed by atoms with Gasteiger partial charge in [-0.25, -0.2) is 4.85 Å². The lowest BCUT2D eigenvalue weighted by molar-refractivity contribution is 0.188. The van der Waals surface area contributed by atoms with Crippen LogP contribution in [0.25, 0.3) is 38.1 Å². The fraction of sp³-hybridized carbons (Fsp3) is 0.269. The zero-order chi connectivity index (χ0) is 22.5. The third-order valence-electron chi connectivity index (χ3n) is 6.65. The average Bonchev–Trinajstić information content (AvgIpc) is 3.25.